The molecule has 8 nitrogen and oxygen atoms in total. The molecule has 0 bridgehead atoms. The Morgan fingerprint density at radius 2 is 2.04 bits per heavy atom. The van der Waals surface area contributed by atoms with Crippen LogP contribution in [-0.2, 0) is 0 Å². The zero-order valence-electron chi connectivity index (χ0n) is 14.8. The number of pyridine rings is 1. The lowest BCUT2D eigenvalue weighted by Crippen LogP contribution is -2.11. The van der Waals surface area contributed by atoms with Crippen LogP contribution in [-0.4, -0.2) is 50.8 Å². The smallest absolute Gasteiger partial charge is 0.253 e. The summed E-state index contributed by atoms with van der Waals surface area (Å²) in [6, 6.07) is 6.22. The van der Waals surface area contributed by atoms with Crippen LogP contribution in [0.15, 0.2) is 40.9 Å². The molecule has 1 aliphatic heterocycles. The summed E-state index contributed by atoms with van der Waals surface area (Å²) in [5, 5.41) is 15.0. The first-order valence-corrected chi connectivity index (χ1v) is 10.5. The molecule has 0 spiro atoms. The predicted octanol–water partition coefficient (Wildman–Crippen LogP) is 2.83. The van der Waals surface area contributed by atoms with Crippen LogP contribution in [0.2, 0.25) is 0 Å². The second-order valence-electron chi connectivity index (χ2n) is 6.33. The van der Waals surface area contributed by atoms with E-state index in [4.69, 9.17) is 0 Å². The van der Waals surface area contributed by atoms with E-state index in [1.807, 2.05) is 32.0 Å². The van der Waals surface area contributed by atoms with Crippen LogP contribution in [0.1, 0.15) is 17.4 Å². The van der Waals surface area contributed by atoms with Crippen LogP contribution in [0.4, 0.5) is 0 Å². The van der Waals surface area contributed by atoms with Crippen molar-refractivity contribution in [1.29, 1.82) is 0 Å². The van der Waals surface area contributed by atoms with Gasteiger partial charge in [-0.3, -0.25) is 9.55 Å². The Labute approximate surface area is 163 Å². The largest absolute Gasteiger partial charge is 0.297 e. The number of hydrogen-bond donors (Lipinski definition) is 0. The van der Waals surface area contributed by atoms with Gasteiger partial charge in [-0.15, -0.1) is 15.3 Å². The van der Waals surface area contributed by atoms with Gasteiger partial charge in [-0.25, -0.2) is 9.50 Å². The third-order valence-electron chi connectivity index (χ3n) is 4.38. The summed E-state index contributed by atoms with van der Waals surface area (Å²) in [6.07, 6.45) is 3.56. The summed E-state index contributed by atoms with van der Waals surface area (Å²) in [6.45, 7) is 3.99. The van der Waals surface area contributed by atoms with E-state index in [0.717, 1.165) is 44.6 Å². The van der Waals surface area contributed by atoms with Gasteiger partial charge < -0.3 is 0 Å². The molecule has 1 aliphatic rings. The first kappa shape index (κ1) is 16.7. The van der Waals surface area contributed by atoms with Crippen LogP contribution in [0.5, 0.6) is 0 Å². The number of fused-ring (bicyclic) bond motifs is 2. The molecule has 0 amide bonds. The average molecular weight is 397 g/mol. The quantitative estimate of drug-likeness (QED) is 0.487. The highest BCUT2D eigenvalue weighted by Gasteiger charge is 2.29. The van der Waals surface area contributed by atoms with Gasteiger partial charge in [0, 0.05) is 40.9 Å². The molecule has 0 fully saturated rings. The van der Waals surface area contributed by atoms with Gasteiger partial charge in [0.15, 0.2) is 11.0 Å². The van der Waals surface area contributed by atoms with Crippen molar-refractivity contribution < 1.29 is 0 Å². The Morgan fingerprint density at radius 1 is 1.19 bits per heavy atom. The minimum absolute atomic E-state index is 0.288. The minimum atomic E-state index is 0.288. The Morgan fingerprint density at radius 3 is 2.89 bits per heavy atom. The molecule has 4 aromatic heterocycles. The first-order valence-electron chi connectivity index (χ1n) is 8.51. The average Bonchev–Trinajstić information content (AvgIpc) is 3.35. The number of thioether (sulfide) groups is 2. The SMILES string of the molecule is Cc1cc(C)n2nc(SCC3CSc4nnc(-c5ccncc5)n43)nc2n1. The fraction of sp³-hybridized carbons (Fsp3) is 0.294. The van der Waals surface area contributed by atoms with Crippen molar-refractivity contribution in [3.8, 4) is 11.4 Å². The molecule has 0 radical (unpaired) electrons. The number of aryl methyl sites for hydroxylation is 2. The maximum Gasteiger partial charge on any atom is 0.253 e. The fourth-order valence-electron chi connectivity index (χ4n) is 3.15. The van der Waals surface area contributed by atoms with E-state index in [1.165, 1.54) is 0 Å². The Kier molecular flexibility index (Phi) is 4.09. The van der Waals surface area contributed by atoms with E-state index in [0.29, 0.717) is 5.78 Å². The monoisotopic (exact) mass is 396 g/mol. The van der Waals surface area contributed by atoms with E-state index in [1.54, 1.807) is 40.4 Å². The van der Waals surface area contributed by atoms with Gasteiger partial charge in [0.2, 0.25) is 5.16 Å². The molecule has 10 heteroatoms. The van der Waals surface area contributed by atoms with Gasteiger partial charge in [0.1, 0.15) is 0 Å². The highest BCUT2D eigenvalue weighted by Crippen LogP contribution is 2.38. The van der Waals surface area contributed by atoms with Crippen molar-refractivity contribution in [2.75, 3.05) is 11.5 Å². The summed E-state index contributed by atoms with van der Waals surface area (Å²) in [5.74, 6) is 3.36. The van der Waals surface area contributed by atoms with E-state index in [-0.39, 0.29) is 6.04 Å². The maximum atomic E-state index is 4.59. The van der Waals surface area contributed by atoms with Crippen molar-refractivity contribution in [3.05, 3.63) is 42.0 Å². The van der Waals surface area contributed by atoms with Crippen molar-refractivity contribution in [3.63, 3.8) is 0 Å². The number of nitrogens with zero attached hydrogens (tertiary/aromatic N) is 8. The Bertz CT molecular complexity index is 1120. The molecule has 1 unspecified atom stereocenters. The maximum absolute atomic E-state index is 4.59. The molecular formula is C17H16N8S2. The molecule has 0 saturated heterocycles. The topological polar surface area (TPSA) is 86.7 Å². The lowest BCUT2D eigenvalue weighted by molar-refractivity contribution is 0.596. The van der Waals surface area contributed by atoms with Gasteiger partial charge in [-0.2, -0.15) is 4.98 Å². The van der Waals surface area contributed by atoms with E-state index < -0.39 is 0 Å². The van der Waals surface area contributed by atoms with Crippen molar-refractivity contribution in [1.82, 2.24) is 39.3 Å². The molecule has 136 valence electrons. The molecule has 27 heavy (non-hydrogen) atoms. The minimum Gasteiger partial charge on any atom is -0.297 e. The molecule has 0 aromatic carbocycles. The summed E-state index contributed by atoms with van der Waals surface area (Å²) < 4.78 is 4.02. The number of aromatic nitrogens is 8. The van der Waals surface area contributed by atoms with Crippen LogP contribution in [0, 0.1) is 13.8 Å². The van der Waals surface area contributed by atoms with Crippen LogP contribution >= 0.6 is 23.5 Å². The van der Waals surface area contributed by atoms with Gasteiger partial charge in [-0.05, 0) is 32.0 Å². The van der Waals surface area contributed by atoms with Gasteiger partial charge >= 0.3 is 0 Å². The van der Waals surface area contributed by atoms with Gasteiger partial charge in [-0.1, -0.05) is 23.5 Å². The van der Waals surface area contributed by atoms with E-state index >= 15 is 0 Å². The standard InChI is InChI=1S/C17H16N8S2/c1-10-7-11(2)25-15(19-10)20-16(23-25)26-8-13-9-27-17-22-21-14(24(13)17)12-3-5-18-6-4-12/h3-7,13H,8-9H2,1-2H3. The Balaban J connectivity index is 1.40. The number of rotatable bonds is 4. The lowest BCUT2D eigenvalue weighted by Gasteiger charge is -2.13. The molecule has 0 saturated carbocycles. The molecule has 4 aromatic rings. The fourth-order valence-corrected chi connectivity index (χ4v) is 5.27. The van der Waals surface area contributed by atoms with Gasteiger partial charge in [0.05, 0.1) is 6.04 Å². The molecule has 5 heterocycles. The van der Waals surface area contributed by atoms with Crippen molar-refractivity contribution in [2.45, 2.75) is 30.2 Å². The van der Waals surface area contributed by atoms with E-state index in [2.05, 4.69) is 34.8 Å². The normalized spacial score (nSPS) is 16.1. The summed E-state index contributed by atoms with van der Waals surface area (Å²) in [7, 11) is 0. The molecule has 1 atom stereocenters. The summed E-state index contributed by atoms with van der Waals surface area (Å²) in [5.41, 5.74) is 3.02. The predicted molar refractivity (Wildman–Crippen MR) is 104 cm³/mol. The van der Waals surface area contributed by atoms with Crippen molar-refractivity contribution in [2.24, 2.45) is 0 Å². The van der Waals surface area contributed by atoms with E-state index in [9.17, 15) is 0 Å². The zero-order chi connectivity index (χ0) is 18.4. The lowest BCUT2D eigenvalue weighted by atomic mass is 10.2. The summed E-state index contributed by atoms with van der Waals surface area (Å²) >= 11 is 3.38. The Hall–Kier alpha value is -2.46. The number of hydrogen-bond acceptors (Lipinski definition) is 8. The van der Waals surface area contributed by atoms with Crippen molar-refractivity contribution >= 4 is 29.3 Å². The third kappa shape index (κ3) is 2.98. The van der Waals surface area contributed by atoms with Crippen LogP contribution in [0.25, 0.3) is 17.2 Å². The van der Waals surface area contributed by atoms with Crippen LogP contribution < -0.4 is 0 Å². The third-order valence-corrected chi connectivity index (χ3v) is 6.45. The first-order chi connectivity index (χ1) is 13.2. The zero-order valence-corrected chi connectivity index (χ0v) is 16.4. The molecular weight excluding hydrogens is 380 g/mol. The second-order valence-corrected chi connectivity index (χ2v) is 8.31. The summed E-state index contributed by atoms with van der Waals surface area (Å²) in [4.78, 5) is 13.1. The second kappa shape index (κ2) is 6.61. The molecule has 0 aliphatic carbocycles. The van der Waals surface area contributed by atoms with Crippen LogP contribution in [0.3, 0.4) is 0 Å². The van der Waals surface area contributed by atoms with Gasteiger partial charge in [0.25, 0.3) is 5.78 Å². The molecule has 5 rings (SSSR count). The highest BCUT2D eigenvalue weighted by molar-refractivity contribution is 8.00. The highest BCUT2D eigenvalue weighted by atomic mass is 32.2. The molecule has 0 N–H and O–H groups in total.